The molecule has 0 aromatic heterocycles. The summed E-state index contributed by atoms with van der Waals surface area (Å²) in [6.45, 7) is 0. The van der Waals surface area contributed by atoms with Crippen LogP contribution in [0.5, 0.6) is 5.75 Å². The molecule has 0 saturated heterocycles. The molecule has 0 radical (unpaired) electrons. The molecule has 98 valence electrons. The van der Waals surface area contributed by atoms with Crippen molar-refractivity contribution in [2.24, 2.45) is 0 Å². The number of carbonyl (C=O) groups is 1. The topological polar surface area (TPSA) is 49.3 Å². The predicted octanol–water partition coefficient (Wildman–Crippen LogP) is 3.99. The number of rotatable bonds is 3. The number of hydrogen-bond acceptors (Lipinski definition) is 2. The Labute approximate surface area is 124 Å². The van der Waals surface area contributed by atoms with E-state index in [4.69, 9.17) is 11.6 Å². The summed E-state index contributed by atoms with van der Waals surface area (Å²) in [5, 5.41) is 12.5. The van der Waals surface area contributed by atoms with E-state index in [9.17, 15) is 9.90 Å². The minimum atomic E-state index is -0.185. The number of aromatic hydroxyl groups is 1. The van der Waals surface area contributed by atoms with Gasteiger partial charge >= 0.3 is 0 Å². The van der Waals surface area contributed by atoms with Gasteiger partial charge in [-0.05, 0) is 35.9 Å². The Kier molecular flexibility index (Phi) is 4.45. The number of anilines is 1. The lowest BCUT2D eigenvalue weighted by atomic mass is 10.1. The van der Waals surface area contributed by atoms with Crippen molar-refractivity contribution in [2.45, 2.75) is 6.42 Å². The third-order valence-electron chi connectivity index (χ3n) is 2.48. The lowest BCUT2D eigenvalue weighted by Crippen LogP contribution is -2.14. The van der Waals surface area contributed by atoms with Crippen LogP contribution in [0.3, 0.4) is 0 Å². The largest absolute Gasteiger partial charge is 0.508 e. The number of carbonyl (C=O) groups excluding carboxylic acids is 1. The maximum Gasteiger partial charge on any atom is 0.228 e. The Balaban J connectivity index is 2.05. The summed E-state index contributed by atoms with van der Waals surface area (Å²) in [5.74, 6) is -0.0400. The summed E-state index contributed by atoms with van der Waals surface area (Å²) in [4.78, 5) is 11.9. The zero-order chi connectivity index (χ0) is 13.8. The average Bonchev–Trinajstić information content (AvgIpc) is 2.33. The summed E-state index contributed by atoms with van der Waals surface area (Å²) in [7, 11) is 0. The van der Waals surface area contributed by atoms with Gasteiger partial charge in [-0.3, -0.25) is 4.79 Å². The van der Waals surface area contributed by atoms with Crippen LogP contribution in [-0.4, -0.2) is 11.0 Å². The molecule has 0 aliphatic heterocycles. The Hall–Kier alpha value is -1.52. The molecule has 0 spiro atoms. The molecule has 5 heteroatoms. The Bertz CT molecular complexity index is 616. The number of amides is 1. The quantitative estimate of drug-likeness (QED) is 0.887. The molecule has 0 aliphatic rings. The normalized spacial score (nSPS) is 10.2. The van der Waals surface area contributed by atoms with E-state index < -0.39 is 0 Å². The van der Waals surface area contributed by atoms with Gasteiger partial charge in [-0.2, -0.15) is 0 Å². The van der Waals surface area contributed by atoms with Gasteiger partial charge in [0, 0.05) is 4.47 Å². The van der Waals surface area contributed by atoms with Gasteiger partial charge in [0.25, 0.3) is 0 Å². The van der Waals surface area contributed by atoms with Crippen LogP contribution < -0.4 is 5.32 Å². The van der Waals surface area contributed by atoms with Crippen molar-refractivity contribution in [3.8, 4) is 5.75 Å². The summed E-state index contributed by atoms with van der Waals surface area (Å²) >= 11 is 9.32. The molecule has 2 aromatic carbocycles. The molecule has 0 heterocycles. The van der Waals surface area contributed by atoms with Gasteiger partial charge in [-0.25, -0.2) is 0 Å². The second kappa shape index (κ2) is 6.08. The molecule has 2 N–H and O–H groups in total. The third kappa shape index (κ3) is 3.98. The van der Waals surface area contributed by atoms with E-state index in [0.29, 0.717) is 10.7 Å². The standard InChI is InChI=1S/C14H11BrClNO2/c15-10-4-5-13(12(16)8-10)17-14(19)7-9-2-1-3-11(18)6-9/h1-6,8,18H,7H2,(H,17,19). The highest BCUT2D eigenvalue weighted by atomic mass is 79.9. The lowest BCUT2D eigenvalue weighted by Gasteiger charge is -2.07. The van der Waals surface area contributed by atoms with Gasteiger partial charge < -0.3 is 10.4 Å². The summed E-state index contributed by atoms with van der Waals surface area (Å²) in [5.41, 5.74) is 1.31. The number of halogens is 2. The Morgan fingerprint density at radius 3 is 2.74 bits per heavy atom. The lowest BCUT2D eigenvalue weighted by molar-refractivity contribution is -0.115. The summed E-state index contributed by atoms with van der Waals surface area (Å²) in [6, 6.07) is 11.8. The smallest absolute Gasteiger partial charge is 0.228 e. The molecule has 1 amide bonds. The molecular weight excluding hydrogens is 330 g/mol. The molecule has 3 nitrogen and oxygen atoms in total. The number of benzene rings is 2. The van der Waals surface area contributed by atoms with Crippen LogP contribution in [0, 0.1) is 0 Å². The molecule has 0 fully saturated rings. The summed E-state index contributed by atoms with van der Waals surface area (Å²) in [6.07, 6.45) is 0.181. The van der Waals surface area contributed by atoms with E-state index in [2.05, 4.69) is 21.2 Å². The summed E-state index contributed by atoms with van der Waals surface area (Å²) < 4.78 is 0.850. The molecule has 0 saturated carbocycles. The van der Waals surface area contributed by atoms with Crippen LogP contribution in [0.25, 0.3) is 0 Å². The highest BCUT2D eigenvalue weighted by Crippen LogP contribution is 2.25. The number of phenolic OH excluding ortho intramolecular Hbond substituents is 1. The fraction of sp³-hybridized carbons (Fsp3) is 0.0714. The SMILES string of the molecule is O=C(Cc1cccc(O)c1)Nc1ccc(Br)cc1Cl. The van der Waals surface area contributed by atoms with Crippen LogP contribution in [0.4, 0.5) is 5.69 Å². The zero-order valence-corrected chi connectivity index (χ0v) is 12.2. The molecule has 2 rings (SSSR count). The van der Waals surface area contributed by atoms with Crippen molar-refractivity contribution < 1.29 is 9.90 Å². The van der Waals surface area contributed by atoms with Crippen molar-refractivity contribution in [3.05, 3.63) is 57.5 Å². The van der Waals surface area contributed by atoms with E-state index >= 15 is 0 Å². The maximum atomic E-state index is 11.9. The third-order valence-corrected chi connectivity index (χ3v) is 3.29. The first-order valence-electron chi connectivity index (χ1n) is 5.57. The van der Waals surface area contributed by atoms with E-state index in [1.165, 1.54) is 0 Å². The van der Waals surface area contributed by atoms with Crippen molar-refractivity contribution in [1.82, 2.24) is 0 Å². The van der Waals surface area contributed by atoms with Crippen LogP contribution in [0.2, 0.25) is 5.02 Å². The van der Waals surface area contributed by atoms with Crippen molar-refractivity contribution >= 4 is 39.1 Å². The molecule has 0 bridgehead atoms. The van der Waals surface area contributed by atoms with E-state index in [-0.39, 0.29) is 18.1 Å². The van der Waals surface area contributed by atoms with Gasteiger partial charge in [-0.15, -0.1) is 0 Å². The fourth-order valence-electron chi connectivity index (χ4n) is 1.64. The second-order valence-corrected chi connectivity index (χ2v) is 5.34. The molecule has 0 aliphatic carbocycles. The molecule has 19 heavy (non-hydrogen) atoms. The van der Waals surface area contributed by atoms with Crippen LogP contribution in [-0.2, 0) is 11.2 Å². The molecular formula is C14H11BrClNO2. The van der Waals surface area contributed by atoms with Gasteiger partial charge in [0.1, 0.15) is 5.75 Å². The zero-order valence-electron chi connectivity index (χ0n) is 9.86. The number of nitrogens with one attached hydrogen (secondary N) is 1. The van der Waals surface area contributed by atoms with Gasteiger partial charge in [0.2, 0.25) is 5.91 Å². The second-order valence-electron chi connectivity index (χ2n) is 4.02. The minimum Gasteiger partial charge on any atom is -0.508 e. The van der Waals surface area contributed by atoms with Crippen molar-refractivity contribution in [3.63, 3.8) is 0 Å². The van der Waals surface area contributed by atoms with Crippen LogP contribution in [0.1, 0.15) is 5.56 Å². The van der Waals surface area contributed by atoms with E-state index in [1.54, 1.807) is 42.5 Å². The van der Waals surface area contributed by atoms with E-state index in [0.717, 1.165) is 10.0 Å². The minimum absolute atomic E-state index is 0.145. The van der Waals surface area contributed by atoms with Gasteiger partial charge in [0.15, 0.2) is 0 Å². The average molecular weight is 341 g/mol. The fourth-order valence-corrected chi connectivity index (χ4v) is 2.36. The van der Waals surface area contributed by atoms with Gasteiger partial charge in [0.05, 0.1) is 17.1 Å². The highest BCUT2D eigenvalue weighted by molar-refractivity contribution is 9.10. The predicted molar refractivity (Wildman–Crippen MR) is 79.6 cm³/mol. The highest BCUT2D eigenvalue weighted by Gasteiger charge is 2.07. The Morgan fingerprint density at radius 2 is 2.05 bits per heavy atom. The first-order chi connectivity index (χ1) is 9.04. The van der Waals surface area contributed by atoms with Crippen LogP contribution in [0.15, 0.2) is 46.9 Å². The van der Waals surface area contributed by atoms with Gasteiger partial charge in [-0.1, -0.05) is 39.7 Å². The van der Waals surface area contributed by atoms with Crippen LogP contribution >= 0.6 is 27.5 Å². The molecule has 0 atom stereocenters. The van der Waals surface area contributed by atoms with Crippen molar-refractivity contribution in [2.75, 3.05) is 5.32 Å². The molecule has 2 aromatic rings. The number of phenols is 1. The maximum absolute atomic E-state index is 11.9. The Morgan fingerprint density at radius 1 is 1.26 bits per heavy atom. The molecule has 0 unspecified atom stereocenters. The number of hydrogen-bond donors (Lipinski definition) is 2. The van der Waals surface area contributed by atoms with Crippen molar-refractivity contribution in [1.29, 1.82) is 0 Å². The first-order valence-corrected chi connectivity index (χ1v) is 6.74. The monoisotopic (exact) mass is 339 g/mol. The first kappa shape index (κ1) is 13.9. The van der Waals surface area contributed by atoms with E-state index in [1.807, 2.05) is 0 Å².